The summed E-state index contributed by atoms with van der Waals surface area (Å²) in [5.41, 5.74) is 5.43. The normalized spacial score (nSPS) is 9.56. The van der Waals surface area contributed by atoms with Crippen molar-refractivity contribution in [1.82, 2.24) is 10.6 Å². The number of nitrogens with two attached hydrogens (primary N) is 1. The van der Waals surface area contributed by atoms with E-state index in [1.807, 2.05) is 6.07 Å². The molecule has 0 aromatic heterocycles. The Hall–Kier alpha value is -1.56. The first-order valence-corrected chi connectivity index (χ1v) is 5.46. The van der Waals surface area contributed by atoms with Gasteiger partial charge in [-0.05, 0) is 28.1 Å². The van der Waals surface area contributed by atoms with Gasteiger partial charge in [-0.25, -0.2) is 4.79 Å². The molecule has 86 valence electrons. The summed E-state index contributed by atoms with van der Waals surface area (Å²) in [6.45, 7) is 0.647. The largest absolute Gasteiger partial charge is 0.352 e. The molecule has 3 amide bonds. The summed E-state index contributed by atoms with van der Waals surface area (Å²) in [4.78, 5) is 22.0. The molecule has 0 unspecified atom stereocenters. The van der Waals surface area contributed by atoms with Crippen LogP contribution in [0.2, 0.25) is 0 Å². The van der Waals surface area contributed by atoms with E-state index >= 15 is 0 Å². The molecule has 1 aromatic carbocycles. The Kier molecular flexibility index (Phi) is 4.78. The molecule has 5 nitrogen and oxygen atoms in total. The second-order valence-corrected chi connectivity index (χ2v) is 3.88. The Morgan fingerprint density at radius 3 is 2.44 bits per heavy atom. The van der Waals surface area contributed by atoms with Crippen LogP contribution in [0.4, 0.5) is 4.79 Å². The van der Waals surface area contributed by atoms with Gasteiger partial charge in [-0.3, -0.25) is 4.79 Å². The maximum atomic E-state index is 11.6. The van der Waals surface area contributed by atoms with E-state index in [9.17, 15) is 9.59 Å². The maximum absolute atomic E-state index is 11.6. The van der Waals surface area contributed by atoms with E-state index in [4.69, 9.17) is 5.73 Å². The molecule has 0 spiro atoms. The Balaban J connectivity index is 2.41. The van der Waals surface area contributed by atoms with Gasteiger partial charge >= 0.3 is 6.03 Å². The van der Waals surface area contributed by atoms with Crippen LogP contribution in [0.15, 0.2) is 28.7 Å². The van der Waals surface area contributed by atoms with Gasteiger partial charge in [-0.1, -0.05) is 12.1 Å². The molecular weight excluding hydrogens is 274 g/mol. The van der Waals surface area contributed by atoms with Crippen LogP contribution < -0.4 is 16.4 Å². The molecule has 0 aliphatic carbocycles. The standard InChI is InChI=1S/C10H12BrN3O2/c11-8-4-2-1-3-7(8)9(15)13-5-6-14-10(12)16/h1-4H,5-6H2,(H,13,15)(H3,12,14,16). The Morgan fingerprint density at radius 2 is 1.81 bits per heavy atom. The lowest BCUT2D eigenvalue weighted by molar-refractivity contribution is 0.0953. The van der Waals surface area contributed by atoms with Crippen molar-refractivity contribution >= 4 is 27.9 Å². The molecule has 0 saturated carbocycles. The summed E-state index contributed by atoms with van der Waals surface area (Å²) >= 11 is 3.28. The summed E-state index contributed by atoms with van der Waals surface area (Å²) < 4.78 is 0.732. The number of hydrogen-bond donors (Lipinski definition) is 3. The van der Waals surface area contributed by atoms with Crippen LogP contribution in [0.1, 0.15) is 10.4 Å². The fourth-order valence-electron chi connectivity index (χ4n) is 1.10. The van der Waals surface area contributed by atoms with Crippen LogP contribution in [0.3, 0.4) is 0 Å². The lowest BCUT2D eigenvalue weighted by atomic mass is 10.2. The first-order chi connectivity index (χ1) is 7.61. The van der Waals surface area contributed by atoms with Crippen LogP contribution >= 0.6 is 15.9 Å². The van der Waals surface area contributed by atoms with E-state index in [-0.39, 0.29) is 5.91 Å². The van der Waals surface area contributed by atoms with Crippen LogP contribution in [-0.2, 0) is 0 Å². The fourth-order valence-corrected chi connectivity index (χ4v) is 1.57. The SMILES string of the molecule is NC(=O)NCCNC(=O)c1ccccc1Br. The van der Waals surface area contributed by atoms with Gasteiger partial charge in [0.15, 0.2) is 0 Å². The van der Waals surface area contributed by atoms with Crippen molar-refractivity contribution in [1.29, 1.82) is 0 Å². The van der Waals surface area contributed by atoms with E-state index in [2.05, 4.69) is 26.6 Å². The molecule has 0 saturated heterocycles. The third-order valence-corrected chi connectivity index (χ3v) is 2.52. The van der Waals surface area contributed by atoms with Crippen molar-refractivity contribution < 1.29 is 9.59 Å². The van der Waals surface area contributed by atoms with E-state index in [1.54, 1.807) is 18.2 Å². The maximum Gasteiger partial charge on any atom is 0.312 e. The molecule has 0 aliphatic heterocycles. The zero-order valence-corrected chi connectivity index (χ0v) is 10.1. The molecule has 0 radical (unpaired) electrons. The van der Waals surface area contributed by atoms with Crippen molar-refractivity contribution in [3.63, 3.8) is 0 Å². The van der Waals surface area contributed by atoms with Crippen LogP contribution in [0.5, 0.6) is 0 Å². The average molecular weight is 286 g/mol. The highest BCUT2D eigenvalue weighted by Gasteiger charge is 2.07. The number of hydrogen-bond acceptors (Lipinski definition) is 2. The van der Waals surface area contributed by atoms with Crippen LogP contribution in [-0.4, -0.2) is 25.0 Å². The number of halogens is 1. The van der Waals surface area contributed by atoms with Crippen molar-refractivity contribution in [2.24, 2.45) is 5.73 Å². The number of carbonyl (C=O) groups is 2. The zero-order valence-electron chi connectivity index (χ0n) is 8.50. The minimum absolute atomic E-state index is 0.196. The molecule has 6 heteroatoms. The van der Waals surface area contributed by atoms with E-state index in [0.29, 0.717) is 18.7 Å². The number of amides is 3. The lowest BCUT2D eigenvalue weighted by Gasteiger charge is -2.06. The lowest BCUT2D eigenvalue weighted by Crippen LogP contribution is -2.37. The van der Waals surface area contributed by atoms with Gasteiger partial charge in [0.1, 0.15) is 0 Å². The summed E-state index contributed by atoms with van der Waals surface area (Å²) in [5, 5.41) is 5.04. The molecule has 0 bridgehead atoms. The van der Waals surface area contributed by atoms with Crippen molar-refractivity contribution in [3.05, 3.63) is 34.3 Å². The highest BCUT2D eigenvalue weighted by atomic mass is 79.9. The topological polar surface area (TPSA) is 84.2 Å². The molecule has 0 aliphatic rings. The minimum Gasteiger partial charge on any atom is -0.352 e. The molecule has 0 atom stereocenters. The quantitative estimate of drug-likeness (QED) is 0.717. The molecular formula is C10H12BrN3O2. The number of carbonyl (C=O) groups excluding carboxylic acids is 2. The van der Waals surface area contributed by atoms with Gasteiger partial charge in [0.2, 0.25) is 0 Å². The monoisotopic (exact) mass is 285 g/mol. The number of urea groups is 1. The van der Waals surface area contributed by atoms with E-state index in [0.717, 1.165) is 4.47 Å². The van der Waals surface area contributed by atoms with Crippen molar-refractivity contribution in [3.8, 4) is 0 Å². The smallest absolute Gasteiger partial charge is 0.312 e. The molecule has 0 heterocycles. The predicted molar refractivity (Wildman–Crippen MR) is 64.1 cm³/mol. The Bertz CT molecular complexity index is 395. The van der Waals surface area contributed by atoms with Crippen molar-refractivity contribution in [2.45, 2.75) is 0 Å². The van der Waals surface area contributed by atoms with Gasteiger partial charge in [0.25, 0.3) is 5.91 Å². The number of benzene rings is 1. The number of rotatable bonds is 4. The van der Waals surface area contributed by atoms with Gasteiger partial charge < -0.3 is 16.4 Å². The zero-order chi connectivity index (χ0) is 12.0. The molecule has 0 fully saturated rings. The predicted octanol–water partition coefficient (Wildman–Crippen LogP) is 0.847. The highest BCUT2D eigenvalue weighted by molar-refractivity contribution is 9.10. The Labute approximate surface area is 102 Å². The fraction of sp³-hybridized carbons (Fsp3) is 0.200. The Morgan fingerprint density at radius 1 is 1.19 bits per heavy atom. The second kappa shape index (κ2) is 6.12. The second-order valence-electron chi connectivity index (χ2n) is 3.03. The van der Waals surface area contributed by atoms with Gasteiger partial charge in [-0.2, -0.15) is 0 Å². The average Bonchev–Trinajstić information content (AvgIpc) is 2.24. The third kappa shape index (κ3) is 3.90. The molecule has 1 rings (SSSR count). The summed E-state index contributed by atoms with van der Waals surface area (Å²) in [5.74, 6) is -0.196. The molecule has 4 N–H and O–H groups in total. The molecule has 1 aromatic rings. The highest BCUT2D eigenvalue weighted by Crippen LogP contribution is 2.15. The molecule has 16 heavy (non-hydrogen) atoms. The van der Waals surface area contributed by atoms with E-state index in [1.165, 1.54) is 0 Å². The van der Waals surface area contributed by atoms with E-state index < -0.39 is 6.03 Å². The van der Waals surface area contributed by atoms with Gasteiger partial charge in [-0.15, -0.1) is 0 Å². The van der Waals surface area contributed by atoms with Crippen molar-refractivity contribution in [2.75, 3.05) is 13.1 Å². The van der Waals surface area contributed by atoms with Crippen LogP contribution in [0, 0.1) is 0 Å². The number of primary amides is 1. The van der Waals surface area contributed by atoms with Gasteiger partial charge in [0, 0.05) is 17.6 Å². The van der Waals surface area contributed by atoms with Gasteiger partial charge in [0.05, 0.1) is 5.56 Å². The third-order valence-electron chi connectivity index (χ3n) is 1.83. The first kappa shape index (κ1) is 12.5. The first-order valence-electron chi connectivity index (χ1n) is 4.67. The summed E-state index contributed by atoms with van der Waals surface area (Å²) in [6.07, 6.45) is 0. The van der Waals surface area contributed by atoms with Crippen LogP contribution in [0.25, 0.3) is 0 Å². The minimum atomic E-state index is -0.602. The summed E-state index contributed by atoms with van der Waals surface area (Å²) in [7, 11) is 0. The number of nitrogens with one attached hydrogen (secondary N) is 2. The summed E-state index contributed by atoms with van der Waals surface area (Å²) in [6, 6.07) is 6.50.